The summed E-state index contributed by atoms with van der Waals surface area (Å²) in [5.41, 5.74) is 2.74. The molecular formula is C23H21ClN2O4S. The van der Waals surface area contributed by atoms with Crippen molar-refractivity contribution in [3.63, 3.8) is 0 Å². The molecule has 0 radical (unpaired) electrons. The molecule has 1 aliphatic rings. The Balaban J connectivity index is 1.64. The molecule has 0 saturated carbocycles. The Morgan fingerprint density at radius 2 is 1.84 bits per heavy atom. The largest absolute Gasteiger partial charge is 0.465 e. The van der Waals surface area contributed by atoms with Crippen LogP contribution in [0.2, 0.25) is 5.02 Å². The minimum Gasteiger partial charge on any atom is -0.465 e. The lowest BCUT2D eigenvalue weighted by molar-refractivity contribution is 0.0600. The van der Waals surface area contributed by atoms with Crippen molar-refractivity contribution >= 4 is 45.5 Å². The van der Waals surface area contributed by atoms with Gasteiger partial charge in [-0.05, 0) is 29.8 Å². The third-order valence-electron chi connectivity index (χ3n) is 4.95. The monoisotopic (exact) mass is 456 g/mol. The highest BCUT2D eigenvalue weighted by Gasteiger charge is 2.22. The lowest BCUT2D eigenvalue weighted by Gasteiger charge is -2.28. The number of nitrogens with zero attached hydrogens (tertiary/aromatic N) is 1. The van der Waals surface area contributed by atoms with Crippen molar-refractivity contribution in [2.45, 2.75) is 0 Å². The van der Waals surface area contributed by atoms with E-state index in [0.717, 1.165) is 29.2 Å². The van der Waals surface area contributed by atoms with Gasteiger partial charge in [-0.3, -0.25) is 4.79 Å². The highest BCUT2D eigenvalue weighted by atomic mass is 35.5. The molecule has 1 fully saturated rings. The molecule has 0 atom stereocenters. The zero-order valence-corrected chi connectivity index (χ0v) is 18.5. The number of amides is 1. The summed E-state index contributed by atoms with van der Waals surface area (Å²) in [5.74, 6) is -0.807. The van der Waals surface area contributed by atoms with Crippen LogP contribution in [0.5, 0.6) is 0 Å². The molecule has 3 aromatic rings. The summed E-state index contributed by atoms with van der Waals surface area (Å²) in [6, 6.07) is 16.7. The van der Waals surface area contributed by atoms with Gasteiger partial charge in [-0.15, -0.1) is 11.3 Å². The van der Waals surface area contributed by atoms with E-state index in [4.69, 9.17) is 21.1 Å². The molecule has 2 heterocycles. The van der Waals surface area contributed by atoms with Gasteiger partial charge < -0.3 is 19.7 Å². The number of esters is 1. The van der Waals surface area contributed by atoms with Gasteiger partial charge in [-0.1, -0.05) is 41.9 Å². The zero-order chi connectivity index (χ0) is 21.8. The van der Waals surface area contributed by atoms with E-state index in [1.807, 2.05) is 36.4 Å². The van der Waals surface area contributed by atoms with E-state index in [1.165, 1.54) is 24.5 Å². The number of hydrogen-bond donors (Lipinski definition) is 1. The van der Waals surface area contributed by atoms with E-state index in [2.05, 4.69) is 10.2 Å². The first-order valence-corrected chi connectivity index (χ1v) is 11.0. The van der Waals surface area contributed by atoms with Gasteiger partial charge in [-0.25, -0.2) is 4.79 Å². The molecule has 1 aromatic heterocycles. The number of ether oxygens (including phenoxy) is 2. The van der Waals surface area contributed by atoms with Gasteiger partial charge in [0.2, 0.25) is 0 Å². The maximum Gasteiger partial charge on any atom is 0.339 e. The lowest BCUT2D eigenvalue weighted by atomic mass is 10.1. The van der Waals surface area contributed by atoms with Gasteiger partial charge >= 0.3 is 5.97 Å². The molecular weight excluding hydrogens is 436 g/mol. The SMILES string of the molecule is COC(=O)c1cc(NC(=O)c2cc(-c3ccccc3)c(N3CCOCC3)s2)ccc1Cl. The number of rotatable bonds is 5. The summed E-state index contributed by atoms with van der Waals surface area (Å²) >= 11 is 7.52. The molecule has 0 bridgehead atoms. The molecule has 0 unspecified atom stereocenters. The van der Waals surface area contributed by atoms with E-state index in [9.17, 15) is 9.59 Å². The number of hydrogen-bond acceptors (Lipinski definition) is 6. The van der Waals surface area contributed by atoms with Crippen LogP contribution in [0.3, 0.4) is 0 Å². The van der Waals surface area contributed by atoms with Gasteiger partial charge in [0.1, 0.15) is 0 Å². The Morgan fingerprint density at radius 1 is 1.10 bits per heavy atom. The number of nitrogens with one attached hydrogen (secondary N) is 1. The number of carbonyl (C=O) groups is 2. The molecule has 1 aliphatic heterocycles. The number of thiophene rings is 1. The fourth-order valence-corrected chi connectivity index (χ4v) is 4.70. The molecule has 31 heavy (non-hydrogen) atoms. The molecule has 0 aliphatic carbocycles. The standard InChI is InChI=1S/C23H21ClN2O4S/c1-29-23(28)18-13-16(7-8-19(18)24)25-21(27)20-14-17(15-5-3-2-4-6-15)22(31-20)26-9-11-30-12-10-26/h2-8,13-14H,9-12H2,1H3,(H,25,27). The third kappa shape index (κ3) is 4.74. The number of benzene rings is 2. The van der Waals surface area contributed by atoms with Gasteiger partial charge in [-0.2, -0.15) is 0 Å². The van der Waals surface area contributed by atoms with Crippen molar-refractivity contribution in [2.24, 2.45) is 0 Å². The fraction of sp³-hybridized carbons (Fsp3) is 0.217. The Labute approximate surface area is 189 Å². The number of halogens is 1. The van der Waals surface area contributed by atoms with Crippen molar-refractivity contribution in [1.29, 1.82) is 0 Å². The summed E-state index contributed by atoms with van der Waals surface area (Å²) in [6.45, 7) is 2.88. The second-order valence-electron chi connectivity index (χ2n) is 6.94. The Bertz CT molecular complexity index is 1090. The third-order valence-corrected chi connectivity index (χ3v) is 6.47. The number of anilines is 2. The smallest absolute Gasteiger partial charge is 0.339 e. The Hall–Kier alpha value is -2.87. The summed E-state index contributed by atoms with van der Waals surface area (Å²) in [7, 11) is 1.29. The van der Waals surface area contributed by atoms with E-state index in [0.29, 0.717) is 23.8 Å². The predicted octanol–water partition coefficient (Wildman–Crippen LogP) is 4.94. The van der Waals surface area contributed by atoms with Gasteiger partial charge in [0.05, 0.1) is 40.8 Å². The molecule has 2 aromatic carbocycles. The van der Waals surface area contributed by atoms with Gasteiger partial charge in [0.15, 0.2) is 0 Å². The van der Waals surface area contributed by atoms with Crippen molar-refractivity contribution in [2.75, 3.05) is 43.6 Å². The molecule has 4 rings (SSSR count). The fourth-order valence-electron chi connectivity index (χ4n) is 3.38. The van der Waals surface area contributed by atoms with Crippen LogP contribution in [0.1, 0.15) is 20.0 Å². The number of morpholine rings is 1. The summed E-state index contributed by atoms with van der Waals surface area (Å²) in [6.07, 6.45) is 0. The molecule has 0 spiro atoms. The highest BCUT2D eigenvalue weighted by molar-refractivity contribution is 7.18. The molecule has 160 valence electrons. The van der Waals surface area contributed by atoms with Gasteiger partial charge in [0, 0.05) is 24.3 Å². The molecule has 8 heteroatoms. The van der Waals surface area contributed by atoms with E-state index >= 15 is 0 Å². The first kappa shape index (κ1) is 21.4. The summed E-state index contributed by atoms with van der Waals surface area (Å²) in [5, 5.41) is 4.17. The first-order valence-electron chi connectivity index (χ1n) is 9.78. The minimum absolute atomic E-state index is 0.201. The summed E-state index contributed by atoms with van der Waals surface area (Å²) in [4.78, 5) is 27.8. The predicted molar refractivity (Wildman–Crippen MR) is 124 cm³/mol. The quantitative estimate of drug-likeness (QED) is 0.550. The maximum absolute atomic E-state index is 13.0. The average Bonchev–Trinajstić information content (AvgIpc) is 3.27. The van der Waals surface area contributed by atoms with E-state index in [1.54, 1.807) is 12.1 Å². The average molecular weight is 457 g/mol. The van der Waals surface area contributed by atoms with Crippen LogP contribution in [-0.2, 0) is 9.47 Å². The topological polar surface area (TPSA) is 67.9 Å². The van der Waals surface area contributed by atoms with Crippen molar-refractivity contribution in [1.82, 2.24) is 0 Å². The molecule has 6 nitrogen and oxygen atoms in total. The lowest BCUT2D eigenvalue weighted by Crippen LogP contribution is -2.35. The molecule has 1 saturated heterocycles. The second kappa shape index (κ2) is 9.51. The normalized spacial score (nSPS) is 13.7. The first-order chi connectivity index (χ1) is 15.1. The number of methoxy groups -OCH3 is 1. The van der Waals surface area contributed by atoms with Crippen molar-refractivity contribution in [3.05, 3.63) is 70.1 Å². The van der Waals surface area contributed by atoms with Crippen LogP contribution >= 0.6 is 22.9 Å². The van der Waals surface area contributed by atoms with Crippen LogP contribution in [-0.4, -0.2) is 45.3 Å². The Morgan fingerprint density at radius 3 is 2.55 bits per heavy atom. The minimum atomic E-state index is -0.557. The maximum atomic E-state index is 13.0. The highest BCUT2D eigenvalue weighted by Crippen LogP contribution is 2.39. The summed E-state index contributed by atoms with van der Waals surface area (Å²) < 4.78 is 10.2. The Kier molecular flexibility index (Phi) is 6.56. The number of carbonyl (C=O) groups excluding carboxylic acids is 2. The van der Waals surface area contributed by atoms with E-state index in [-0.39, 0.29) is 16.5 Å². The van der Waals surface area contributed by atoms with Crippen LogP contribution in [0.4, 0.5) is 10.7 Å². The van der Waals surface area contributed by atoms with Gasteiger partial charge in [0.25, 0.3) is 5.91 Å². The van der Waals surface area contributed by atoms with Crippen LogP contribution in [0, 0.1) is 0 Å². The molecule has 1 N–H and O–H groups in total. The molecule has 1 amide bonds. The van der Waals surface area contributed by atoms with Crippen molar-refractivity contribution in [3.8, 4) is 11.1 Å². The second-order valence-corrected chi connectivity index (χ2v) is 8.37. The van der Waals surface area contributed by atoms with Crippen LogP contribution in [0.15, 0.2) is 54.6 Å². The van der Waals surface area contributed by atoms with Crippen LogP contribution in [0.25, 0.3) is 11.1 Å². The van der Waals surface area contributed by atoms with Crippen LogP contribution < -0.4 is 10.2 Å². The van der Waals surface area contributed by atoms with E-state index < -0.39 is 5.97 Å². The zero-order valence-electron chi connectivity index (χ0n) is 16.9. The van der Waals surface area contributed by atoms with Crippen molar-refractivity contribution < 1.29 is 19.1 Å².